The molecule has 0 spiro atoms. The number of carbonyl (C=O) groups excluding carboxylic acids is 3. The molecule has 9 heteroatoms. The van der Waals surface area contributed by atoms with Crippen LogP contribution < -0.4 is 0 Å². The summed E-state index contributed by atoms with van der Waals surface area (Å²) in [6, 6.07) is -1.26. The van der Waals surface area contributed by atoms with Gasteiger partial charge in [0.25, 0.3) is 0 Å². The predicted molar refractivity (Wildman–Crippen MR) is 121 cm³/mol. The summed E-state index contributed by atoms with van der Waals surface area (Å²) in [6.07, 6.45) is 1.90. The largest absolute Gasteiger partial charge is 0.458 e. The lowest BCUT2D eigenvalue weighted by Crippen LogP contribution is -2.53. The van der Waals surface area contributed by atoms with Crippen LogP contribution in [0, 0.1) is 0 Å². The van der Waals surface area contributed by atoms with E-state index in [1.807, 2.05) is 12.2 Å². The number of aliphatic hydroxyl groups is 1. The highest BCUT2D eigenvalue weighted by atomic mass is 16.6. The highest BCUT2D eigenvalue weighted by Gasteiger charge is 2.43. The molecule has 0 saturated carbocycles. The smallest absolute Gasteiger partial charge is 0.420 e. The average molecular weight is 470 g/mol. The van der Waals surface area contributed by atoms with Crippen LogP contribution in [0.15, 0.2) is 12.2 Å². The Morgan fingerprint density at radius 3 is 2.09 bits per heavy atom. The van der Waals surface area contributed by atoms with Gasteiger partial charge in [-0.05, 0) is 80.6 Å². The minimum atomic E-state index is -1.26. The van der Waals surface area contributed by atoms with Crippen molar-refractivity contribution in [2.75, 3.05) is 0 Å². The predicted octanol–water partition coefficient (Wildman–Crippen LogP) is 4.11. The van der Waals surface area contributed by atoms with Gasteiger partial charge >= 0.3 is 18.2 Å². The van der Waals surface area contributed by atoms with Gasteiger partial charge in [0, 0.05) is 0 Å². The standard InChI is InChI=1S/C24H39NO8/c1-15-19(31-16-11-8-9-12-16)18(26)14-10-13-17(20(27)30-15)25(21(28)32-23(2,3)4)22(29)33-24(5,6)7/h8,11,15-19,26H,9-10,12-14H2,1-7H3. The molecular formula is C24H39NO8. The van der Waals surface area contributed by atoms with Crippen LogP contribution >= 0.6 is 0 Å². The molecule has 9 nitrogen and oxygen atoms in total. The third kappa shape index (κ3) is 8.30. The van der Waals surface area contributed by atoms with Gasteiger partial charge < -0.3 is 24.1 Å². The maximum atomic E-state index is 13.2. The summed E-state index contributed by atoms with van der Waals surface area (Å²) in [5.74, 6) is -0.774. The summed E-state index contributed by atoms with van der Waals surface area (Å²) in [7, 11) is 0. The average Bonchev–Trinajstić information content (AvgIpc) is 3.15. The zero-order chi connectivity index (χ0) is 25.0. The maximum absolute atomic E-state index is 13.2. The van der Waals surface area contributed by atoms with Crippen LogP contribution in [-0.4, -0.2) is 69.8 Å². The molecule has 1 aliphatic heterocycles. The van der Waals surface area contributed by atoms with Gasteiger partial charge in [-0.1, -0.05) is 12.2 Å². The molecule has 2 rings (SSSR count). The molecule has 0 bridgehead atoms. The molecule has 5 atom stereocenters. The quantitative estimate of drug-likeness (QED) is 0.373. The van der Waals surface area contributed by atoms with Crippen LogP contribution in [0.2, 0.25) is 0 Å². The normalized spacial score (nSPS) is 28.8. The summed E-state index contributed by atoms with van der Waals surface area (Å²) in [5.41, 5.74) is -1.78. The van der Waals surface area contributed by atoms with Gasteiger partial charge in [-0.25, -0.2) is 14.4 Å². The molecular weight excluding hydrogens is 430 g/mol. The summed E-state index contributed by atoms with van der Waals surface area (Å²) >= 11 is 0. The number of cyclic esters (lactones) is 1. The lowest BCUT2D eigenvalue weighted by atomic mass is 10.0. The lowest BCUT2D eigenvalue weighted by molar-refractivity contribution is -0.170. The molecule has 0 radical (unpaired) electrons. The van der Waals surface area contributed by atoms with Crippen molar-refractivity contribution in [3.63, 3.8) is 0 Å². The highest BCUT2D eigenvalue weighted by Crippen LogP contribution is 2.26. The van der Waals surface area contributed by atoms with E-state index in [-0.39, 0.29) is 12.5 Å². The lowest BCUT2D eigenvalue weighted by Gasteiger charge is -2.33. The second-order valence-corrected chi connectivity index (χ2v) is 10.6. The first-order valence-corrected chi connectivity index (χ1v) is 11.6. The fraction of sp³-hybridized carbons (Fsp3) is 0.792. The SMILES string of the molecule is CC1OC(=O)C(N(C(=O)OC(C)(C)C)C(=O)OC(C)(C)C)CCCC(O)C1OC1C=CCC1. The van der Waals surface area contributed by atoms with E-state index in [0.29, 0.717) is 17.7 Å². The molecule has 2 aliphatic rings. The van der Waals surface area contributed by atoms with Crippen LogP contribution in [-0.2, 0) is 23.7 Å². The molecule has 1 aliphatic carbocycles. The van der Waals surface area contributed by atoms with Crippen molar-refractivity contribution >= 4 is 18.2 Å². The number of ether oxygens (including phenoxy) is 4. The Hall–Kier alpha value is -2.13. The van der Waals surface area contributed by atoms with E-state index in [0.717, 1.165) is 12.8 Å². The van der Waals surface area contributed by atoms with E-state index in [2.05, 4.69) is 0 Å². The number of hydrogen-bond donors (Lipinski definition) is 1. The molecule has 2 amide bonds. The van der Waals surface area contributed by atoms with Crippen molar-refractivity contribution in [2.45, 2.75) is 122 Å². The zero-order valence-corrected chi connectivity index (χ0v) is 20.8. The van der Waals surface area contributed by atoms with Gasteiger partial charge in [-0.3, -0.25) is 0 Å². The zero-order valence-electron chi connectivity index (χ0n) is 20.8. The monoisotopic (exact) mass is 469 g/mol. The number of allylic oxidation sites excluding steroid dienone is 1. The molecule has 0 aromatic carbocycles. The molecule has 1 N–H and O–H groups in total. The van der Waals surface area contributed by atoms with Gasteiger partial charge in [0.05, 0.1) is 12.2 Å². The van der Waals surface area contributed by atoms with E-state index in [1.54, 1.807) is 48.5 Å². The number of esters is 1. The van der Waals surface area contributed by atoms with Gasteiger partial charge in [0.15, 0.2) is 0 Å². The number of nitrogens with zero attached hydrogens (tertiary/aromatic N) is 1. The topological polar surface area (TPSA) is 112 Å². The molecule has 0 aromatic heterocycles. The van der Waals surface area contributed by atoms with Gasteiger partial charge in [0.2, 0.25) is 0 Å². The number of carbonyl (C=O) groups is 3. The van der Waals surface area contributed by atoms with Crippen LogP contribution in [0.25, 0.3) is 0 Å². The molecule has 1 fully saturated rings. The maximum Gasteiger partial charge on any atom is 0.420 e. The minimum absolute atomic E-state index is 0.0944. The Bertz CT molecular complexity index is 708. The van der Waals surface area contributed by atoms with Crippen LogP contribution in [0.3, 0.4) is 0 Å². The molecule has 188 valence electrons. The van der Waals surface area contributed by atoms with Crippen molar-refractivity contribution in [1.29, 1.82) is 0 Å². The van der Waals surface area contributed by atoms with Crippen molar-refractivity contribution in [2.24, 2.45) is 0 Å². The summed E-state index contributed by atoms with van der Waals surface area (Å²) in [4.78, 5) is 39.8. The van der Waals surface area contributed by atoms with Crippen LogP contribution in [0.1, 0.15) is 80.6 Å². The molecule has 0 aromatic rings. The fourth-order valence-electron chi connectivity index (χ4n) is 3.75. The van der Waals surface area contributed by atoms with Crippen molar-refractivity contribution in [3.05, 3.63) is 12.2 Å². The second kappa shape index (κ2) is 10.9. The highest BCUT2D eigenvalue weighted by molar-refractivity contribution is 5.94. The third-order valence-electron chi connectivity index (χ3n) is 5.19. The van der Waals surface area contributed by atoms with Gasteiger partial charge in [0.1, 0.15) is 29.5 Å². The van der Waals surface area contributed by atoms with E-state index >= 15 is 0 Å². The first-order valence-electron chi connectivity index (χ1n) is 11.6. The van der Waals surface area contributed by atoms with E-state index in [1.165, 1.54) is 0 Å². The molecule has 1 heterocycles. The van der Waals surface area contributed by atoms with Crippen molar-refractivity contribution < 1.29 is 38.4 Å². The first kappa shape index (κ1) is 27.1. The fourth-order valence-corrected chi connectivity index (χ4v) is 3.75. The van der Waals surface area contributed by atoms with Crippen LogP contribution in [0.4, 0.5) is 9.59 Å². The Labute approximate surface area is 196 Å². The minimum Gasteiger partial charge on any atom is -0.458 e. The van der Waals surface area contributed by atoms with Crippen molar-refractivity contribution in [1.82, 2.24) is 4.90 Å². The molecule has 1 saturated heterocycles. The van der Waals surface area contributed by atoms with Gasteiger partial charge in [-0.15, -0.1) is 0 Å². The molecule has 5 unspecified atom stereocenters. The van der Waals surface area contributed by atoms with E-state index in [4.69, 9.17) is 18.9 Å². The Kier molecular flexibility index (Phi) is 8.93. The van der Waals surface area contributed by atoms with Crippen molar-refractivity contribution in [3.8, 4) is 0 Å². The van der Waals surface area contributed by atoms with Gasteiger partial charge in [-0.2, -0.15) is 4.90 Å². The number of amides is 2. The first-order chi connectivity index (χ1) is 15.2. The Morgan fingerprint density at radius 1 is 1.03 bits per heavy atom. The second-order valence-electron chi connectivity index (χ2n) is 10.6. The number of rotatable bonds is 3. The Morgan fingerprint density at radius 2 is 1.61 bits per heavy atom. The summed E-state index contributed by atoms with van der Waals surface area (Å²) in [6.45, 7) is 11.6. The third-order valence-corrected chi connectivity index (χ3v) is 5.19. The number of hydrogen-bond acceptors (Lipinski definition) is 8. The Balaban J connectivity index is 2.28. The molecule has 33 heavy (non-hydrogen) atoms. The summed E-state index contributed by atoms with van der Waals surface area (Å²) in [5, 5.41) is 10.7. The van der Waals surface area contributed by atoms with Crippen LogP contribution in [0.5, 0.6) is 0 Å². The van der Waals surface area contributed by atoms with E-state index < -0.39 is 53.7 Å². The summed E-state index contributed by atoms with van der Waals surface area (Å²) < 4.78 is 22.4. The number of imide groups is 1. The number of aliphatic hydroxyl groups excluding tert-OH is 1. The van der Waals surface area contributed by atoms with E-state index in [9.17, 15) is 19.5 Å².